The third kappa shape index (κ3) is 14.8. The summed E-state index contributed by atoms with van der Waals surface area (Å²) in [5, 5.41) is 10.1. The van der Waals surface area contributed by atoms with Crippen LogP contribution in [0.25, 0.3) is 0 Å². The van der Waals surface area contributed by atoms with Crippen LogP contribution < -0.4 is 34.7 Å². The Balaban J connectivity index is 0. The minimum absolute atomic E-state index is 0. The van der Waals surface area contributed by atoms with Crippen LogP contribution in [0.2, 0.25) is 0 Å². The Labute approximate surface area is 148 Å². The number of hydrogen-bond acceptors (Lipinski definition) is 3. The Morgan fingerprint density at radius 3 is 1.33 bits per heavy atom. The normalized spacial score (nSPS) is 7.95. The van der Waals surface area contributed by atoms with Crippen LogP contribution in [-0.4, -0.2) is 11.8 Å². The van der Waals surface area contributed by atoms with Crippen molar-refractivity contribution in [3.63, 3.8) is 0 Å². The molecule has 0 unspecified atom stereocenters. The molecule has 0 aliphatic rings. The fourth-order valence-corrected chi connectivity index (χ4v) is 1.11. The number of ketones is 1. The van der Waals surface area contributed by atoms with E-state index in [9.17, 15) is 14.7 Å². The van der Waals surface area contributed by atoms with Gasteiger partial charge in [0.1, 0.15) is 5.78 Å². The van der Waals surface area contributed by atoms with Crippen molar-refractivity contribution in [1.29, 1.82) is 0 Å². The van der Waals surface area contributed by atoms with Gasteiger partial charge in [0.05, 0.1) is 5.97 Å². The molecular weight excluding hydrogens is 275 g/mol. The van der Waals surface area contributed by atoms with E-state index >= 15 is 0 Å². The van der Waals surface area contributed by atoms with Gasteiger partial charge in [-0.2, -0.15) is 0 Å². The van der Waals surface area contributed by atoms with Gasteiger partial charge < -0.3 is 14.7 Å². The number of carboxylic acids is 1. The average Bonchev–Trinajstić information content (AvgIpc) is 2.41. The fraction of sp³-hybridized carbons (Fsp3) is 0.176. The van der Waals surface area contributed by atoms with Crippen LogP contribution in [0.15, 0.2) is 60.7 Å². The van der Waals surface area contributed by atoms with Gasteiger partial charge in [-0.15, -0.1) is 0 Å². The number of carbonyl (C=O) groups is 2. The Morgan fingerprint density at radius 2 is 1.14 bits per heavy atom. The molecule has 0 amide bonds. The third-order valence-corrected chi connectivity index (χ3v) is 1.95. The van der Waals surface area contributed by atoms with Gasteiger partial charge in [0.2, 0.25) is 0 Å². The minimum atomic E-state index is -1.13. The number of rotatable bonds is 1. The molecule has 0 saturated heterocycles. The van der Waals surface area contributed by atoms with E-state index in [1.807, 2.05) is 18.2 Å². The number of carboxylic acid groups (broad SMARTS) is 1. The average molecular weight is 294 g/mol. The summed E-state index contributed by atoms with van der Waals surface area (Å²) >= 11 is 0. The van der Waals surface area contributed by atoms with E-state index < -0.39 is 5.97 Å². The summed E-state index contributed by atoms with van der Waals surface area (Å²) in [7, 11) is 0. The molecule has 3 nitrogen and oxygen atoms in total. The van der Waals surface area contributed by atoms with Gasteiger partial charge >= 0.3 is 29.6 Å². The molecule has 0 N–H and O–H groups in total. The van der Waals surface area contributed by atoms with Crippen LogP contribution >= 0.6 is 0 Å². The van der Waals surface area contributed by atoms with E-state index in [2.05, 4.69) is 19.1 Å². The molecule has 0 fully saturated rings. The number of aromatic carboxylic acids is 1. The molecule has 4 heteroatoms. The van der Waals surface area contributed by atoms with Gasteiger partial charge in [-0.25, -0.2) is 0 Å². The van der Waals surface area contributed by atoms with Crippen molar-refractivity contribution in [2.75, 3.05) is 0 Å². The second kappa shape index (κ2) is 13.6. The molecular formula is C17H19NaO3. The SMILES string of the molecule is CC(C)=O.Cc1ccccc1.O=C([O-])c1ccccc1.[Na+]. The first-order valence-electron chi connectivity index (χ1n) is 6.18. The topological polar surface area (TPSA) is 57.2 Å². The fourth-order valence-electron chi connectivity index (χ4n) is 1.11. The van der Waals surface area contributed by atoms with Gasteiger partial charge in [0.25, 0.3) is 0 Å². The summed E-state index contributed by atoms with van der Waals surface area (Å²) in [6, 6.07) is 18.3. The molecule has 21 heavy (non-hydrogen) atoms. The molecule has 2 aromatic rings. The zero-order chi connectivity index (χ0) is 15.4. The van der Waals surface area contributed by atoms with E-state index in [1.54, 1.807) is 18.2 Å². The molecule has 106 valence electrons. The van der Waals surface area contributed by atoms with Crippen LogP contribution in [-0.2, 0) is 4.79 Å². The summed E-state index contributed by atoms with van der Waals surface area (Å²) in [6.45, 7) is 5.14. The predicted molar refractivity (Wildman–Crippen MR) is 78.3 cm³/mol. The summed E-state index contributed by atoms with van der Waals surface area (Å²) < 4.78 is 0. The van der Waals surface area contributed by atoms with Gasteiger partial charge in [-0.1, -0.05) is 66.2 Å². The Hall–Kier alpha value is -1.42. The smallest absolute Gasteiger partial charge is 0.545 e. The van der Waals surface area contributed by atoms with Crippen molar-refractivity contribution in [3.05, 3.63) is 71.8 Å². The molecule has 0 aliphatic carbocycles. The maximum absolute atomic E-state index is 10.1. The van der Waals surface area contributed by atoms with Gasteiger partial charge in [0.15, 0.2) is 0 Å². The van der Waals surface area contributed by atoms with Crippen LogP contribution in [0, 0.1) is 6.92 Å². The predicted octanol–water partition coefficient (Wildman–Crippen LogP) is -0.356. The summed E-state index contributed by atoms with van der Waals surface area (Å²) in [4.78, 5) is 19.5. The van der Waals surface area contributed by atoms with Crippen molar-refractivity contribution in [3.8, 4) is 0 Å². The van der Waals surface area contributed by atoms with E-state index in [0.29, 0.717) is 0 Å². The maximum atomic E-state index is 10.1. The van der Waals surface area contributed by atoms with E-state index in [-0.39, 0.29) is 40.9 Å². The Morgan fingerprint density at radius 1 is 0.810 bits per heavy atom. The first-order chi connectivity index (χ1) is 9.43. The van der Waals surface area contributed by atoms with E-state index in [4.69, 9.17) is 0 Å². The van der Waals surface area contributed by atoms with Crippen LogP contribution in [0.5, 0.6) is 0 Å². The molecule has 0 aromatic heterocycles. The maximum Gasteiger partial charge on any atom is 1.00 e. The van der Waals surface area contributed by atoms with Crippen LogP contribution in [0.3, 0.4) is 0 Å². The van der Waals surface area contributed by atoms with Crippen molar-refractivity contribution >= 4 is 11.8 Å². The standard InChI is InChI=1S/C7H6O2.C7H8.C3H6O.Na/c8-7(9)6-4-2-1-3-5-6;1-7-5-3-2-4-6-7;1-3(2)4;/h1-5H,(H,8,9);2-6H,1H3;1-2H3;/q;;;+1/p-1. The number of aryl methyl sites for hydroxylation is 1. The van der Waals surface area contributed by atoms with Crippen molar-refractivity contribution < 1.29 is 44.3 Å². The number of hydrogen-bond donors (Lipinski definition) is 0. The van der Waals surface area contributed by atoms with Crippen LogP contribution in [0.4, 0.5) is 0 Å². The monoisotopic (exact) mass is 294 g/mol. The molecule has 0 saturated carbocycles. The quantitative estimate of drug-likeness (QED) is 0.675. The Bertz CT molecular complexity index is 506. The van der Waals surface area contributed by atoms with E-state index in [1.165, 1.54) is 31.5 Å². The summed E-state index contributed by atoms with van der Waals surface area (Å²) in [5.41, 5.74) is 1.54. The van der Waals surface area contributed by atoms with Gasteiger partial charge in [0, 0.05) is 0 Å². The zero-order valence-electron chi connectivity index (χ0n) is 13.0. The number of Topliss-reactive ketones (excluding diaryl/α,β-unsaturated/α-hetero) is 1. The third-order valence-electron chi connectivity index (χ3n) is 1.95. The molecule has 0 bridgehead atoms. The first kappa shape index (κ1) is 21.9. The molecule has 0 aliphatic heterocycles. The minimum Gasteiger partial charge on any atom is -0.545 e. The Kier molecular flexibility index (Phi) is 14.1. The zero-order valence-corrected chi connectivity index (χ0v) is 15.0. The second-order valence-electron chi connectivity index (χ2n) is 4.22. The largest absolute Gasteiger partial charge is 1.00 e. The molecule has 0 atom stereocenters. The van der Waals surface area contributed by atoms with Crippen molar-refractivity contribution in [1.82, 2.24) is 0 Å². The summed E-state index contributed by atoms with van der Waals surface area (Å²) in [5.74, 6) is -0.962. The summed E-state index contributed by atoms with van der Waals surface area (Å²) in [6.07, 6.45) is 0. The first-order valence-corrected chi connectivity index (χ1v) is 6.18. The van der Waals surface area contributed by atoms with E-state index in [0.717, 1.165) is 0 Å². The van der Waals surface area contributed by atoms with Crippen LogP contribution in [0.1, 0.15) is 29.8 Å². The number of benzene rings is 2. The molecule has 0 spiro atoms. The van der Waals surface area contributed by atoms with Gasteiger partial charge in [-0.3, -0.25) is 0 Å². The molecule has 2 aromatic carbocycles. The molecule has 0 radical (unpaired) electrons. The van der Waals surface area contributed by atoms with Crippen molar-refractivity contribution in [2.24, 2.45) is 0 Å². The number of carbonyl (C=O) groups excluding carboxylic acids is 2. The van der Waals surface area contributed by atoms with Gasteiger partial charge in [-0.05, 0) is 26.3 Å². The molecule has 0 heterocycles. The molecule has 2 rings (SSSR count). The second-order valence-corrected chi connectivity index (χ2v) is 4.22. The van der Waals surface area contributed by atoms with Crippen molar-refractivity contribution in [2.45, 2.75) is 20.8 Å².